The van der Waals surface area contributed by atoms with E-state index in [0.717, 1.165) is 0 Å². The second-order valence-electron chi connectivity index (χ2n) is 3.54. The zero-order valence-electron chi connectivity index (χ0n) is 10.0. The van der Waals surface area contributed by atoms with Crippen LogP contribution < -0.4 is 5.32 Å². The first kappa shape index (κ1) is 17.3. The van der Waals surface area contributed by atoms with Gasteiger partial charge in [-0.2, -0.15) is 0 Å². The fourth-order valence-electron chi connectivity index (χ4n) is 1.36. The van der Waals surface area contributed by atoms with Crippen LogP contribution in [0.25, 0.3) is 0 Å². The first-order valence-corrected chi connectivity index (χ1v) is 8.19. The summed E-state index contributed by atoms with van der Waals surface area (Å²) < 4.78 is 54.4. The highest BCUT2D eigenvalue weighted by Gasteiger charge is 2.29. The lowest BCUT2D eigenvalue weighted by Gasteiger charge is -2.10. The van der Waals surface area contributed by atoms with E-state index < -0.39 is 41.5 Å². The Morgan fingerprint density at radius 2 is 2.10 bits per heavy atom. The first-order chi connectivity index (χ1) is 9.20. The van der Waals surface area contributed by atoms with E-state index in [9.17, 15) is 22.0 Å². The second-order valence-corrected chi connectivity index (χ2v) is 6.90. The van der Waals surface area contributed by atoms with E-state index in [-0.39, 0.29) is 13.2 Å². The normalized spacial score (nSPS) is 11.4. The van der Waals surface area contributed by atoms with Gasteiger partial charge in [-0.1, -0.05) is 0 Å². The summed E-state index contributed by atoms with van der Waals surface area (Å²) in [6.45, 7) is 0.138. The molecule has 112 valence electrons. The van der Waals surface area contributed by atoms with Crippen LogP contribution in [0.2, 0.25) is 0 Å². The van der Waals surface area contributed by atoms with Gasteiger partial charge in [-0.25, -0.2) is 17.2 Å². The van der Waals surface area contributed by atoms with Gasteiger partial charge in [0.1, 0.15) is 16.3 Å². The number of benzene rings is 1. The number of hydrogen-bond acceptors (Lipinski definition) is 4. The minimum atomic E-state index is -4.48. The molecule has 0 saturated heterocycles. The maximum Gasteiger partial charge on any atom is 0.265 e. The molecule has 1 rings (SSSR count). The lowest BCUT2D eigenvalue weighted by molar-refractivity contribution is 0.0928. The molecule has 20 heavy (non-hydrogen) atoms. The minimum absolute atomic E-state index is 0.00718. The van der Waals surface area contributed by atoms with Crippen molar-refractivity contribution in [2.75, 3.05) is 20.3 Å². The van der Waals surface area contributed by atoms with Crippen molar-refractivity contribution in [2.45, 2.75) is 4.90 Å². The van der Waals surface area contributed by atoms with E-state index in [1.807, 2.05) is 0 Å². The van der Waals surface area contributed by atoms with E-state index in [4.69, 9.17) is 10.7 Å². The largest absolute Gasteiger partial charge is 0.383 e. The predicted molar refractivity (Wildman–Crippen MR) is 71.3 cm³/mol. The number of halogens is 4. The third-order valence-corrected chi connectivity index (χ3v) is 4.43. The molecule has 5 nitrogen and oxygen atoms in total. The number of nitrogens with one attached hydrogen (secondary N) is 1. The van der Waals surface area contributed by atoms with E-state index in [1.54, 1.807) is 0 Å². The summed E-state index contributed by atoms with van der Waals surface area (Å²) >= 11 is 2.69. The average molecular weight is 393 g/mol. The molecule has 1 amide bonds. The monoisotopic (exact) mass is 391 g/mol. The fraction of sp³-hybridized carbons (Fsp3) is 0.300. The molecule has 0 aliphatic carbocycles. The Bertz CT molecular complexity index is 639. The summed E-state index contributed by atoms with van der Waals surface area (Å²) in [6.07, 6.45) is 0. The Labute approximate surface area is 126 Å². The maximum absolute atomic E-state index is 14.0. The number of rotatable bonds is 5. The van der Waals surface area contributed by atoms with Crippen molar-refractivity contribution < 1.29 is 26.7 Å². The maximum atomic E-state index is 14.0. The number of carbonyl (C=O) groups excluding carboxylic acids is 1. The quantitative estimate of drug-likeness (QED) is 0.615. The van der Waals surface area contributed by atoms with Gasteiger partial charge >= 0.3 is 0 Å². The topological polar surface area (TPSA) is 72.5 Å². The molecule has 0 unspecified atom stereocenters. The third-order valence-electron chi connectivity index (χ3n) is 2.19. The van der Waals surface area contributed by atoms with Gasteiger partial charge in [0.2, 0.25) is 0 Å². The van der Waals surface area contributed by atoms with Crippen LogP contribution in [0.4, 0.5) is 8.78 Å². The molecule has 0 aliphatic rings. The molecule has 0 fully saturated rings. The molecule has 0 heterocycles. The van der Waals surface area contributed by atoms with Gasteiger partial charge in [0.05, 0.1) is 6.61 Å². The zero-order chi connectivity index (χ0) is 15.5. The lowest BCUT2D eigenvalue weighted by Crippen LogP contribution is -2.29. The lowest BCUT2D eigenvalue weighted by atomic mass is 10.2. The van der Waals surface area contributed by atoms with Gasteiger partial charge in [0, 0.05) is 28.8 Å². The van der Waals surface area contributed by atoms with Crippen molar-refractivity contribution in [1.82, 2.24) is 5.32 Å². The van der Waals surface area contributed by atoms with Crippen LogP contribution >= 0.6 is 26.6 Å². The summed E-state index contributed by atoms with van der Waals surface area (Å²) in [5.41, 5.74) is -1.02. The summed E-state index contributed by atoms with van der Waals surface area (Å²) in [7, 11) is 1.95. The molecule has 0 spiro atoms. The van der Waals surface area contributed by atoms with Crippen LogP contribution in [0.5, 0.6) is 0 Å². The van der Waals surface area contributed by atoms with Gasteiger partial charge in [-0.15, -0.1) is 0 Å². The van der Waals surface area contributed by atoms with Gasteiger partial charge in [-0.3, -0.25) is 4.79 Å². The van der Waals surface area contributed by atoms with Crippen LogP contribution in [0, 0.1) is 11.6 Å². The summed E-state index contributed by atoms with van der Waals surface area (Å²) in [4.78, 5) is 10.7. The SMILES string of the molecule is COCCNC(=O)c1c(F)cc(Br)c(S(=O)(=O)Cl)c1F. The zero-order valence-corrected chi connectivity index (χ0v) is 13.2. The molecule has 0 radical (unpaired) electrons. The molecule has 0 saturated carbocycles. The predicted octanol–water partition coefficient (Wildman–Crippen LogP) is 2.03. The van der Waals surface area contributed by atoms with Crippen LogP contribution in [-0.2, 0) is 13.8 Å². The highest BCUT2D eigenvalue weighted by atomic mass is 79.9. The Kier molecular flexibility index (Phi) is 5.87. The van der Waals surface area contributed by atoms with Crippen molar-refractivity contribution in [3.63, 3.8) is 0 Å². The molecule has 0 atom stereocenters. The minimum Gasteiger partial charge on any atom is -0.383 e. The van der Waals surface area contributed by atoms with Crippen LogP contribution in [-0.4, -0.2) is 34.6 Å². The summed E-state index contributed by atoms with van der Waals surface area (Å²) in [6, 6.07) is 0.656. The van der Waals surface area contributed by atoms with E-state index in [1.165, 1.54) is 7.11 Å². The van der Waals surface area contributed by atoms with Gasteiger partial charge in [0.25, 0.3) is 15.0 Å². The molecule has 10 heteroatoms. The van der Waals surface area contributed by atoms with Gasteiger partial charge < -0.3 is 10.1 Å². The number of amides is 1. The Morgan fingerprint density at radius 3 is 2.60 bits per heavy atom. The van der Waals surface area contributed by atoms with Crippen molar-refractivity contribution in [2.24, 2.45) is 0 Å². The smallest absolute Gasteiger partial charge is 0.265 e. The highest BCUT2D eigenvalue weighted by Crippen LogP contribution is 2.31. The molecule has 0 aromatic heterocycles. The average Bonchev–Trinajstić information content (AvgIpc) is 2.26. The first-order valence-electron chi connectivity index (χ1n) is 5.09. The van der Waals surface area contributed by atoms with Crippen LogP contribution in [0.1, 0.15) is 10.4 Å². The number of methoxy groups -OCH3 is 1. The van der Waals surface area contributed by atoms with Gasteiger partial charge in [0.15, 0.2) is 5.82 Å². The van der Waals surface area contributed by atoms with Crippen molar-refractivity contribution >= 4 is 41.6 Å². The summed E-state index contributed by atoms with van der Waals surface area (Å²) in [5, 5.41) is 2.18. The molecule has 1 aromatic rings. The van der Waals surface area contributed by atoms with Crippen molar-refractivity contribution in [1.29, 1.82) is 0 Å². The molecular weight excluding hydrogens is 384 g/mol. The number of ether oxygens (including phenoxy) is 1. The van der Waals surface area contributed by atoms with E-state index in [0.29, 0.717) is 6.07 Å². The Hall–Kier alpha value is -0.770. The molecule has 0 bridgehead atoms. The molecule has 0 aliphatic heterocycles. The fourth-order valence-corrected chi connectivity index (χ4v) is 3.71. The number of carbonyl (C=O) groups is 1. The number of hydrogen-bond donors (Lipinski definition) is 1. The Morgan fingerprint density at radius 1 is 1.50 bits per heavy atom. The van der Waals surface area contributed by atoms with E-state index >= 15 is 0 Å². The standard InChI is InChI=1S/C10H9BrClF2NO4S/c1-19-3-2-15-10(16)7-6(13)4-5(11)9(8(7)14)20(12,17)18/h4H,2-3H2,1H3,(H,15,16). The third kappa shape index (κ3) is 3.87. The van der Waals surface area contributed by atoms with Crippen LogP contribution in [0.3, 0.4) is 0 Å². The Balaban J connectivity index is 3.31. The van der Waals surface area contributed by atoms with Crippen LogP contribution in [0.15, 0.2) is 15.4 Å². The highest BCUT2D eigenvalue weighted by molar-refractivity contribution is 9.10. The van der Waals surface area contributed by atoms with Crippen molar-refractivity contribution in [3.8, 4) is 0 Å². The van der Waals surface area contributed by atoms with E-state index in [2.05, 4.69) is 26.0 Å². The van der Waals surface area contributed by atoms with Crippen molar-refractivity contribution in [3.05, 3.63) is 27.7 Å². The molecule has 1 N–H and O–H groups in total. The molecular formula is C10H9BrClF2NO4S. The van der Waals surface area contributed by atoms with Gasteiger partial charge in [-0.05, 0) is 22.0 Å². The molecule has 1 aromatic carbocycles. The second kappa shape index (κ2) is 6.79. The summed E-state index contributed by atoms with van der Waals surface area (Å²) in [5.74, 6) is -3.87.